The molecule has 1 N–H and O–H groups in total. The average Bonchev–Trinajstić information content (AvgIpc) is 2.70. The van der Waals surface area contributed by atoms with Gasteiger partial charge in [-0.1, -0.05) is 18.2 Å². The van der Waals surface area contributed by atoms with Crippen molar-refractivity contribution in [3.05, 3.63) is 64.1 Å². The first kappa shape index (κ1) is 18.1. The van der Waals surface area contributed by atoms with Crippen LogP contribution in [0.15, 0.2) is 52.4 Å². The maximum atomic E-state index is 12.5. The van der Waals surface area contributed by atoms with Crippen LogP contribution in [0.5, 0.6) is 11.5 Å². The molecule has 0 aliphatic carbocycles. The Balaban J connectivity index is 1.87. The predicted octanol–water partition coefficient (Wildman–Crippen LogP) is 1.71. The summed E-state index contributed by atoms with van der Waals surface area (Å²) < 4.78 is 11.6. The number of aromatic nitrogens is 2. The Labute approximate surface area is 155 Å². The van der Waals surface area contributed by atoms with Crippen LogP contribution in [0.3, 0.4) is 0 Å². The lowest BCUT2D eigenvalue weighted by Crippen LogP contribution is -2.27. The molecule has 0 spiro atoms. The van der Waals surface area contributed by atoms with Crippen molar-refractivity contribution >= 4 is 22.9 Å². The highest BCUT2D eigenvalue weighted by molar-refractivity contribution is 6.05. The fourth-order valence-corrected chi connectivity index (χ4v) is 2.61. The number of nitrogens with one attached hydrogen (secondary N) is 1. The van der Waals surface area contributed by atoms with Crippen molar-refractivity contribution in [1.29, 1.82) is 0 Å². The highest BCUT2D eigenvalue weighted by atomic mass is 16.5. The van der Waals surface area contributed by atoms with Gasteiger partial charge in [-0.3, -0.25) is 9.59 Å². The van der Waals surface area contributed by atoms with Gasteiger partial charge >= 0.3 is 0 Å². The van der Waals surface area contributed by atoms with Gasteiger partial charge in [0.2, 0.25) is 0 Å². The van der Waals surface area contributed by atoms with E-state index < -0.39 is 5.91 Å². The summed E-state index contributed by atoms with van der Waals surface area (Å²) in [6.07, 6.45) is 1.46. The van der Waals surface area contributed by atoms with Crippen molar-refractivity contribution in [2.45, 2.75) is 0 Å². The Kier molecular flexibility index (Phi) is 5.16. The van der Waals surface area contributed by atoms with Gasteiger partial charge in [0.25, 0.3) is 11.5 Å². The van der Waals surface area contributed by atoms with E-state index in [2.05, 4.69) is 15.6 Å². The summed E-state index contributed by atoms with van der Waals surface area (Å²) in [4.78, 5) is 24.7. The number of rotatable bonds is 5. The zero-order valence-electron chi connectivity index (χ0n) is 15.1. The number of hydrazone groups is 1. The van der Waals surface area contributed by atoms with E-state index >= 15 is 0 Å². The van der Waals surface area contributed by atoms with Crippen LogP contribution >= 0.6 is 0 Å². The zero-order chi connectivity index (χ0) is 19.4. The Morgan fingerprint density at radius 3 is 2.59 bits per heavy atom. The van der Waals surface area contributed by atoms with Crippen LogP contribution < -0.4 is 20.5 Å². The van der Waals surface area contributed by atoms with Gasteiger partial charge < -0.3 is 9.47 Å². The normalized spacial score (nSPS) is 10.9. The number of hydrogen-bond acceptors (Lipinski definition) is 6. The predicted molar refractivity (Wildman–Crippen MR) is 102 cm³/mol. The third-order valence-corrected chi connectivity index (χ3v) is 3.98. The van der Waals surface area contributed by atoms with Crippen LogP contribution in [0.4, 0.5) is 0 Å². The van der Waals surface area contributed by atoms with Gasteiger partial charge in [0.05, 0.1) is 25.8 Å². The van der Waals surface area contributed by atoms with Crippen molar-refractivity contribution in [1.82, 2.24) is 15.2 Å². The molecule has 8 nitrogen and oxygen atoms in total. The van der Waals surface area contributed by atoms with E-state index in [0.29, 0.717) is 27.8 Å². The van der Waals surface area contributed by atoms with Crippen molar-refractivity contribution in [2.24, 2.45) is 12.1 Å². The number of fused-ring (bicyclic) bond motifs is 1. The van der Waals surface area contributed by atoms with E-state index in [0.717, 1.165) is 4.68 Å². The number of hydrogen-bond donors (Lipinski definition) is 1. The Morgan fingerprint density at radius 1 is 1.15 bits per heavy atom. The second-order valence-corrected chi connectivity index (χ2v) is 5.63. The third-order valence-electron chi connectivity index (χ3n) is 3.98. The number of carbonyl (C=O) groups excluding carboxylic acids is 1. The minimum Gasteiger partial charge on any atom is -0.497 e. The number of benzene rings is 2. The summed E-state index contributed by atoms with van der Waals surface area (Å²) in [7, 11) is 4.59. The molecule has 0 saturated carbocycles. The monoisotopic (exact) mass is 366 g/mol. The van der Waals surface area contributed by atoms with Crippen molar-refractivity contribution in [2.75, 3.05) is 14.2 Å². The largest absolute Gasteiger partial charge is 0.497 e. The van der Waals surface area contributed by atoms with Gasteiger partial charge in [0, 0.05) is 24.1 Å². The molecular formula is C19H18N4O4. The maximum absolute atomic E-state index is 12.5. The highest BCUT2D eigenvalue weighted by Crippen LogP contribution is 2.23. The first-order valence-electron chi connectivity index (χ1n) is 8.06. The first-order valence-corrected chi connectivity index (χ1v) is 8.06. The van der Waals surface area contributed by atoms with Crippen molar-refractivity contribution < 1.29 is 14.3 Å². The van der Waals surface area contributed by atoms with E-state index in [9.17, 15) is 9.59 Å². The molecule has 0 saturated heterocycles. The van der Waals surface area contributed by atoms with Crippen LogP contribution in [0, 0.1) is 0 Å². The van der Waals surface area contributed by atoms with Gasteiger partial charge in [-0.25, -0.2) is 10.1 Å². The number of carbonyl (C=O) groups is 1. The van der Waals surface area contributed by atoms with Crippen LogP contribution in [-0.4, -0.2) is 36.1 Å². The van der Waals surface area contributed by atoms with E-state index in [1.165, 1.54) is 20.4 Å². The number of methoxy groups -OCH3 is 2. The standard InChI is InChI=1S/C19H18N4O4/c1-23-19(25)15-7-5-4-6-14(15)17(22-23)18(24)21-20-11-12-8-9-13(26-2)10-16(12)27-3/h4-11H,1-3H3,(H,21,24)/b20-11-. The van der Waals surface area contributed by atoms with Gasteiger partial charge in [-0.05, 0) is 18.2 Å². The van der Waals surface area contributed by atoms with E-state index in [4.69, 9.17) is 9.47 Å². The number of nitrogens with zero attached hydrogens (tertiary/aromatic N) is 3. The first-order chi connectivity index (χ1) is 13.0. The summed E-state index contributed by atoms with van der Waals surface area (Å²) >= 11 is 0. The topological polar surface area (TPSA) is 94.8 Å². The molecule has 0 fully saturated rings. The Morgan fingerprint density at radius 2 is 1.89 bits per heavy atom. The number of amides is 1. The molecule has 3 rings (SSSR count). The van der Waals surface area contributed by atoms with Gasteiger partial charge in [-0.2, -0.15) is 10.2 Å². The minimum absolute atomic E-state index is 0.117. The highest BCUT2D eigenvalue weighted by Gasteiger charge is 2.15. The summed E-state index contributed by atoms with van der Waals surface area (Å²) in [6, 6.07) is 12.0. The lowest BCUT2D eigenvalue weighted by atomic mass is 10.1. The van der Waals surface area contributed by atoms with Gasteiger partial charge in [0.15, 0.2) is 5.69 Å². The molecule has 0 radical (unpaired) electrons. The molecule has 1 heterocycles. The molecule has 1 amide bonds. The SMILES string of the molecule is COc1ccc(/C=N\NC(=O)c2nn(C)c(=O)c3ccccc23)c(OC)c1. The molecule has 0 aliphatic heterocycles. The smallest absolute Gasteiger partial charge is 0.292 e. The third kappa shape index (κ3) is 3.64. The number of ether oxygens (including phenoxy) is 2. The molecule has 0 unspecified atom stereocenters. The summed E-state index contributed by atoms with van der Waals surface area (Å²) in [5.41, 5.74) is 2.94. The molecule has 3 aromatic rings. The zero-order valence-corrected chi connectivity index (χ0v) is 15.1. The molecular weight excluding hydrogens is 348 g/mol. The molecule has 138 valence electrons. The number of aryl methyl sites for hydroxylation is 1. The van der Waals surface area contributed by atoms with E-state index in [1.54, 1.807) is 49.6 Å². The molecule has 0 bridgehead atoms. The summed E-state index contributed by atoms with van der Waals surface area (Å²) in [5.74, 6) is 0.678. The lowest BCUT2D eigenvalue weighted by Gasteiger charge is -2.08. The molecule has 0 atom stereocenters. The van der Waals surface area contributed by atoms with E-state index in [1.807, 2.05) is 0 Å². The van der Waals surface area contributed by atoms with Crippen LogP contribution in [0.25, 0.3) is 10.8 Å². The second-order valence-electron chi connectivity index (χ2n) is 5.63. The Hall–Kier alpha value is -3.68. The quantitative estimate of drug-likeness (QED) is 0.548. The van der Waals surface area contributed by atoms with Crippen LogP contribution in [-0.2, 0) is 7.05 Å². The summed E-state index contributed by atoms with van der Waals surface area (Å²) in [5, 5.41) is 8.91. The van der Waals surface area contributed by atoms with Gasteiger partial charge in [-0.15, -0.1) is 0 Å². The Bertz CT molecular complexity index is 1090. The van der Waals surface area contributed by atoms with Gasteiger partial charge in [0.1, 0.15) is 11.5 Å². The van der Waals surface area contributed by atoms with E-state index in [-0.39, 0.29) is 11.3 Å². The fourth-order valence-electron chi connectivity index (χ4n) is 2.61. The molecule has 2 aromatic carbocycles. The fraction of sp³-hybridized carbons (Fsp3) is 0.158. The summed E-state index contributed by atoms with van der Waals surface area (Å²) in [6.45, 7) is 0. The van der Waals surface area contributed by atoms with Crippen molar-refractivity contribution in [3.8, 4) is 11.5 Å². The molecule has 0 aliphatic rings. The van der Waals surface area contributed by atoms with Crippen LogP contribution in [0.2, 0.25) is 0 Å². The second kappa shape index (κ2) is 7.69. The minimum atomic E-state index is -0.523. The molecule has 1 aromatic heterocycles. The maximum Gasteiger partial charge on any atom is 0.292 e. The van der Waals surface area contributed by atoms with Crippen molar-refractivity contribution in [3.63, 3.8) is 0 Å². The lowest BCUT2D eigenvalue weighted by molar-refractivity contribution is 0.0950. The average molecular weight is 366 g/mol. The molecule has 8 heteroatoms. The van der Waals surface area contributed by atoms with Crippen LogP contribution in [0.1, 0.15) is 16.1 Å². The molecule has 27 heavy (non-hydrogen) atoms.